The number of methoxy groups -OCH3 is 1. The summed E-state index contributed by atoms with van der Waals surface area (Å²) in [6.07, 6.45) is 0.689. The standard InChI is InChI=1S/C12H12BrFN2OS/c1-17-10-3-2-7(14)6-8(10)12-16-9(4-5-15)11(13)18-12/h2-3,6H,4-5,15H2,1H3. The Morgan fingerprint density at radius 2 is 2.28 bits per heavy atom. The first kappa shape index (κ1) is 13.5. The van der Waals surface area contributed by atoms with Crippen LogP contribution in [0, 0.1) is 5.82 Å². The van der Waals surface area contributed by atoms with Crippen LogP contribution in [0.4, 0.5) is 4.39 Å². The number of benzene rings is 1. The topological polar surface area (TPSA) is 48.1 Å². The molecule has 0 saturated heterocycles. The van der Waals surface area contributed by atoms with Gasteiger partial charge in [0.25, 0.3) is 0 Å². The Balaban J connectivity index is 2.47. The molecule has 0 atom stereocenters. The molecular weight excluding hydrogens is 319 g/mol. The van der Waals surface area contributed by atoms with E-state index in [4.69, 9.17) is 10.5 Å². The second-order valence-electron chi connectivity index (χ2n) is 3.62. The van der Waals surface area contributed by atoms with E-state index in [0.717, 1.165) is 14.5 Å². The van der Waals surface area contributed by atoms with E-state index in [1.165, 1.54) is 23.5 Å². The first-order valence-corrected chi connectivity index (χ1v) is 6.96. The molecule has 0 aliphatic heterocycles. The van der Waals surface area contributed by atoms with Gasteiger partial charge in [-0.1, -0.05) is 0 Å². The summed E-state index contributed by atoms with van der Waals surface area (Å²) in [5, 5.41) is 0.724. The van der Waals surface area contributed by atoms with Crippen molar-refractivity contribution < 1.29 is 9.13 Å². The highest BCUT2D eigenvalue weighted by atomic mass is 79.9. The van der Waals surface area contributed by atoms with Crippen molar-refractivity contribution in [3.8, 4) is 16.3 Å². The Morgan fingerprint density at radius 3 is 2.94 bits per heavy atom. The van der Waals surface area contributed by atoms with Gasteiger partial charge in [-0.25, -0.2) is 9.37 Å². The number of hydrogen-bond acceptors (Lipinski definition) is 4. The highest BCUT2D eigenvalue weighted by Gasteiger charge is 2.14. The van der Waals surface area contributed by atoms with E-state index in [0.29, 0.717) is 24.3 Å². The monoisotopic (exact) mass is 330 g/mol. The molecule has 0 bridgehead atoms. The van der Waals surface area contributed by atoms with Crippen LogP contribution >= 0.6 is 27.3 Å². The predicted octanol–water partition coefficient (Wildman–Crippen LogP) is 3.22. The summed E-state index contributed by atoms with van der Waals surface area (Å²) >= 11 is 4.90. The molecule has 2 aromatic rings. The molecule has 96 valence electrons. The number of hydrogen-bond donors (Lipinski definition) is 1. The summed E-state index contributed by atoms with van der Waals surface area (Å²) in [5.74, 6) is 0.300. The normalized spacial score (nSPS) is 10.7. The molecular formula is C12H12BrFN2OS. The van der Waals surface area contributed by atoms with Gasteiger partial charge in [-0.15, -0.1) is 11.3 Å². The SMILES string of the molecule is COc1ccc(F)cc1-c1nc(CCN)c(Br)s1. The van der Waals surface area contributed by atoms with Crippen LogP contribution in [-0.4, -0.2) is 18.6 Å². The molecule has 0 unspecified atom stereocenters. The van der Waals surface area contributed by atoms with E-state index in [1.54, 1.807) is 13.2 Å². The van der Waals surface area contributed by atoms with E-state index >= 15 is 0 Å². The summed E-state index contributed by atoms with van der Waals surface area (Å²) in [5.41, 5.74) is 7.07. The van der Waals surface area contributed by atoms with Gasteiger partial charge in [0.15, 0.2) is 0 Å². The molecule has 1 heterocycles. The molecule has 18 heavy (non-hydrogen) atoms. The molecule has 2 N–H and O–H groups in total. The molecule has 0 aliphatic rings. The van der Waals surface area contributed by atoms with Gasteiger partial charge in [0.05, 0.1) is 22.2 Å². The summed E-state index contributed by atoms with van der Waals surface area (Å²) in [7, 11) is 1.56. The van der Waals surface area contributed by atoms with Gasteiger partial charge in [0, 0.05) is 6.42 Å². The minimum atomic E-state index is -0.308. The maximum Gasteiger partial charge on any atom is 0.129 e. The molecule has 0 radical (unpaired) electrons. The fourth-order valence-corrected chi connectivity index (χ4v) is 3.19. The van der Waals surface area contributed by atoms with Crippen LogP contribution in [0.5, 0.6) is 5.75 Å². The molecule has 0 aliphatic carbocycles. The van der Waals surface area contributed by atoms with Crippen molar-refractivity contribution in [1.82, 2.24) is 4.98 Å². The summed E-state index contributed by atoms with van der Waals surface area (Å²) in [4.78, 5) is 4.46. The minimum Gasteiger partial charge on any atom is -0.496 e. The Hall–Kier alpha value is -0.980. The fraction of sp³-hybridized carbons (Fsp3) is 0.250. The maximum absolute atomic E-state index is 13.3. The lowest BCUT2D eigenvalue weighted by molar-refractivity contribution is 0.415. The van der Waals surface area contributed by atoms with E-state index in [-0.39, 0.29) is 5.82 Å². The Labute approximate surface area is 117 Å². The average molecular weight is 331 g/mol. The zero-order valence-corrected chi connectivity index (χ0v) is 12.1. The number of nitrogens with zero attached hydrogens (tertiary/aromatic N) is 1. The lowest BCUT2D eigenvalue weighted by Gasteiger charge is -2.05. The van der Waals surface area contributed by atoms with E-state index in [9.17, 15) is 4.39 Å². The number of nitrogens with two attached hydrogens (primary N) is 1. The second kappa shape index (κ2) is 5.77. The third kappa shape index (κ3) is 2.71. The average Bonchev–Trinajstić information content (AvgIpc) is 2.71. The van der Waals surface area contributed by atoms with Crippen LogP contribution < -0.4 is 10.5 Å². The van der Waals surface area contributed by atoms with Crippen LogP contribution in [0.25, 0.3) is 10.6 Å². The number of aromatic nitrogens is 1. The molecule has 1 aromatic heterocycles. The van der Waals surface area contributed by atoms with Gasteiger partial charge < -0.3 is 10.5 Å². The van der Waals surface area contributed by atoms with Crippen molar-refractivity contribution in [3.63, 3.8) is 0 Å². The second-order valence-corrected chi connectivity index (χ2v) is 5.94. The molecule has 0 saturated carbocycles. The van der Waals surface area contributed by atoms with Crippen LogP contribution in [0.2, 0.25) is 0 Å². The van der Waals surface area contributed by atoms with Crippen molar-refractivity contribution in [1.29, 1.82) is 0 Å². The van der Waals surface area contributed by atoms with Crippen molar-refractivity contribution in [2.24, 2.45) is 5.73 Å². The minimum absolute atomic E-state index is 0.308. The van der Waals surface area contributed by atoms with Gasteiger partial charge in [-0.3, -0.25) is 0 Å². The summed E-state index contributed by atoms with van der Waals surface area (Å²) in [6, 6.07) is 4.39. The van der Waals surface area contributed by atoms with E-state index < -0.39 is 0 Å². The van der Waals surface area contributed by atoms with Crippen molar-refractivity contribution in [2.45, 2.75) is 6.42 Å². The lowest BCUT2D eigenvalue weighted by Crippen LogP contribution is -2.03. The van der Waals surface area contributed by atoms with Gasteiger partial charge in [0.1, 0.15) is 16.6 Å². The van der Waals surface area contributed by atoms with Crippen LogP contribution in [0.1, 0.15) is 5.69 Å². The van der Waals surface area contributed by atoms with Crippen LogP contribution in [-0.2, 0) is 6.42 Å². The zero-order chi connectivity index (χ0) is 13.1. The van der Waals surface area contributed by atoms with Gasteiger partial charge in [0.2, 0.25) is 0 Å². The van der Waals surface area contributed by atoms with E-state index in [1.807, 2.05) is 0 Å². The molecule has 6 heteroatoms. The molecule has 0 fully saturated rings. The highest BCUT2D eigenvalue weighted by molar-refractivity contribution is 9.11. The lowest BCUT2D eigenvalue weighted by atomic mass is 10.2. The smallest absolute Gasteiger partial charge is 0.129 e. The predicted molar refractivity (Wildman–Crippen MR) is 74.5 cm³/mol. The number of rotatable bonds is 4. The largest absolute Gasteiger partial charge is 0.496 e. The summed E-state index contributed by atoms with van der Waals surface area (Å²) in [6.45, 7) is 0.530. The number of halogens is 2. The zero-order valence-electron chi connectivity index (χ0n) is 9.74. The van der Waals surface area contributed by atoms with Crippen molar-refractivity contribution in [2.75, 3.05) is 13.7 Å². The first-order valence-electron chi connectivity index (χ1n) is 5.35. The summed E-state index contributed by atoms with van der Waals surface area (Å²) < 4.78 is 19.5. The maximum atomic E-state index is 13.3. The third-order valence-corrected chi connectivity index (χ3v) is 4.29. The Bertz CT molecular complexity index is 559. The highest BCUT2D eigenvalue weighted by Crippen LogP contribution is 2.37. The molecule has 3 nitrogen and oxygen atoms in total. The number of ether oxygens (including phenoxy) is 1. The quantitative estimate of drug-likeness (QED) is 0.936. The van der Waals surface area contributed by atoms with Crippen molar-refractivity contribution >= 4 is 27.3 Å². The Kier molecular flexibility index (Phi) is 4.31. The number of thiazole rings is 1. The molecule has 2 rings (SSSR count). The van der Waals surface area contributed by atoms with Gasteiger partial charge >= 0.3 is 0 Å². The van der Waals surface area contributed by atoms with Gasteiger partial charge in [-0.05, 0) is 40.7 Å². The molecule has 0 spiro atoms. The van der Waals surface area contributed by atoms with E-state index in [2.05, 4.69) is 20.9 Å². The fourth-order valence-electron chi connectivity index (χ4n) is 1.59. The Morgan fingerprint density at radius 1 is 1.50 bits per heavy atom. The van der Waals surface area contributed by atoms with Crippen LogP contribution in [0.15, 0.2) is 22.0 Å². The van der Waals surface area contributed by atoms with Crippen molar-refractivity contribution in [3.05, 3.63) is 33.5 Å². The van der Waals surface area contributed by atoms with Gasteiger partial charge in [-0.2, -0.15) is 0 Å². The third-order valence-electron chi connectivity index (χ3n) is 2.42. The van der Waals surface area contributed by atoms with Crippen LogP contribution in [0.3, 0.4) is 0 Å². The molecule has 1 aromatic carbocycles. The first-order chi connectivity index (χ1) is 8.65. The molecule has 0 amide bonds.